The van der Waals surface area contributed by atoms with Crippen molar-refractivity contribution in [2.45, 2.75) is 65.1 Å². The summed E-state index contributed by atoms with van der Waals surface area (Å²) < 4.78 is 12.6. The smallest absolute Gasteiger partial charge is 0.313 e. The van der Waals surface area contributed by atoms with E-state index in [0.29, 0.717) is 35.4 Å². The fourth-order valence-corrected chi connectivity index (χ4v) is 5.41. The number of aromatic nitrogens is 2. The summed E-state index contributed by atoms with van der Waals surface area (Å²) in [7, 11) is 1.55. The zero-order valence-electron chi connectivity index (χ0n) is 16.3. The molecule has 0 aromatic carbocycles. The predicted octanol–water partition coefficient (Wildman–Crippen LogP) is 3.43. The predicted molar refractivity (Wildman–Crippen MR) is 100 cm³/mol. The maximum Gasteiger partial charge on any atom is 0.313 e. The van der Waals surface area contributed by atoms with Crippen LogP contribution in [-0.4, -0.2) is 29.5 Å². The van der Waals surface area contributed by atoms with Crippen molar-refractivity contribution in [3.05, 3.63) is 16.6 Å². The first kappa shape index (κ1) is 17.8. The number of fused-ring (bicyclic) bond motifs is 2. The highest BCUT2D eigenvalue weighted by Gasteiger charge is 2.56. The Kier molecular flexibility index (Phi) is 4.49. The molecule has 0 radical (unpaired) electrons. The van der Waals surface area contributed by atoms with Gasteiger partial charge in [0, 0.05) is 12.6 Å². The normalized spacial score (nSPS) is 35.5. The molecule has 4 fully saturated rings. The van der Waals surface area contributed by atoms with Crippen LogP contribution in [0.3, 0.4) is 0 Å². The zero-order valence-corrected chi connectivity index (χ0v) is 16.3. The van der Waals surface area contributed by atoms with Crippen LogP contribution in [0.2, 0.25) is 0 Å². The highest BCUT2D eigenvalue weighted by atomic mass is 16.5. The van der Waals surface area contributed by atoms with E-state index < -0.39 is 0 Å². The lowest BCUT2D eigenvalue weighted by Crippen LogP contribution is -2.58. The van der Waals surface area contributed by atoms with Crippen LogP contribution >= 0.6 is 0 Å². The van der Waals surface area contributed by atoms with E-state index in [1.807, 2.05) is 0 Å². The second-order valence-electron chi connectivity index (χ2n) is 8.87. The van der Waals surface area contributed by atoms with Crippen molar-refractivity contribution in [3.8, 4) is 5.75 Å². The molecule has 3 aliphatic carbocycles. The fraction of sp³-hybridized carbons (Fsp3) is 0.800. The molecule has 5 atom stereocenters. The van der Waals surface area contributed by atoms with E-state index in [-0.39, 0.29) is 11.8 Å². The Hall–Kier alpha value is -1.56. The second kappa shape index (κ2) is 6.55. The van der Waals surface area contributed by atoms with Crippen molar-refractivity contribution in [2.75, 3.05) is 19.0 Å². The van der Waals surface area contributed by atoms with Crippen molar-refractivity contribution in [3.63, 3.8) is 0 Å². The van der Waals surface area contributed by atoms with Crippen LogP contribution < -0.4 is 15.6 Å². The van der Waals surface area contributed by atoms with Gasteiger partial charge in [0.25, 0.3) is 0 Å². The van der Waals surface area contributed by atoms with Crippen LogP contribution in [0.5, 0.6) is 5.75 Å². The summed E-state index contributed by atoms with van der Waals surface area (Å²) in [6, 6.07) is 0.364. The average molecular weight is 361 g/mol. The topological polar surface area (TPSA) is 65.4 Å². The number of rotatable bonds is 4. The van der Waals surface area contributed by atoms with Gasteiger partial charge in [-0.3, -0.25) is 4.79 Å². The molecule has 1 aromatic rings. The molecule has 3 saturated carbocycles. The monoisotopic (exact) mass is 361 g/mol. The maximum atomic E-state index is 12.9. The van der Waals surface area contributed by atoms with Crippen LogP contribution in [0, 0.1) is 23.2 Å². The van der Waals surface area contributed by atoms with Gasteiger partial charge in [-0.2, -0.15) is 9.78 Å². The molecule has 6 nitrogen and oxygen atoms in total. The lowest BCUT2D eigenvalue weighted by Gasteiger charge is -2.62. The lowest BCUT2D eigenvalue weighted by atomic mass is 9.45. The third-order valence-corrected chi connectivity index (χ3v) is 7.29. The van der Waals surface area contributed by atoms with Gasteiger partial charge in [-0.05, 0) is 55.3 Å². The Labute approximate surface area is 155 Å². The van der Waals surface area contributed by atoms with Crippen molar-refractivity contribution < 1.29 is 9.47 Å². The summed E-state index contributed by atoms with van der Waals surface area (Å²) in [5, 5.41) is 7.97. The summed E-state index contributed by atoms with van der Waals surface area (Å²) in [5.41, 5.74) is 0.945. The first-order chi connectivity index (χ1) is 12.4. The van der Waals surface area contributed by atoms with Crippen molar-refractivity contribution >= 4 is 5.69 Å². The van der Waals surface area contributed by atoms with Gasteiger partial charge in [0.2, 0.25) is 5.75 Å². The Balaban J connectivity index is 1.56. The molecule has 144 valence electrons. The van der Waals surface area contributed by atoms with Gasteiger partial charge in [-0.25, -0.2) is 0 Å². The van der Waals surface area contributed by atoms with Gasteiger partial charge in [0.1, 0.15) is 5.69 Å². The summed E-state index contributed by atoms with van der Waals surface area (Å²) in [4.78, 5) is 12.9. The molecule has 1 aromatic heterocycles. The number of ether oxygens (including phenoxy) is 2. The molecule has 5 rings (SSSR count). The molecule has 0 amide bonds. The van der Waals surface area contributed by atoms with Crippen LogP contribution in [-0.2, 0) is 4.74 Å². The first-order valence-corrected chi connectivity index (χ1v) is 9.97. The Morgan fingerprint density at radius 1 is 1.35 bits per heavy atom. The summed E-state index contributed by atoms with van der Waals surface area (Å²) in [5.74, 6) is 2.42. The summed E-state index contributed by atoms with van der Waals surface area (Å²) >= 11 is 0. The summed E-state index contributed by atoms with van der Waals surface area (Å²) in [6.45, 7) is 7.80. The van der Waals surface area contributed by atoms with E-state index in [1.165, 1.54) is 11.1 Å². The Bertz CT molecular complexity index is 724. The Morgan fingerprint density at radius 3 is 2.77 bits per heavy atom. The van der Waals surface area contributed by atoms with Crippen molar-refractivity contribution in [1.82, 2.24) is 9.78 Å². The number of anilines is 1. The lowest BCUT2D eigenvalue weighted by molar-refractivity contribution is -0.105. The highest BCUT2D eigenvalue weighted by Crippen LogP contribution is 2.61. The standard InChI is InChI=1S/C20H31N3O3/c1-12-14-9-13(20(14,2)3)10-15(12)22-16-11-21-23(19(24)18(16)25-4)17-7-5-6-8-26-17/h11-15,17,22H,5-10H2,1-4H3/t12-,13?,14?,15-,17?/m1/s1. The number of nitrogens with zero attached hydrogens (tertiary/aromatic N) is 2. The van der Waals surface area contributed by atoms with Crippen molar-refractivity contribution in [2.24, 2.45) is 23.2 Å². The molecule has 2 heterocycles. The van der Waals surface area contributed by atoms with Gasteiger partial charge < -0.3 is 14.8 Å². The van der Waals surface area contributed by atoms with Crippen LogP contribution in [0.4, 0.5) is 5.69 Å². The van der Waals surface area contributed by atoms with Crippen molar-refractivity contribution in [1.29, 1.82) is 0 Å². The SMILES string of the molecule is COc1c(N[C@@H]2CC3CC([C@H]2C)C3(C)C)cnn(C2CCCCO2)c1=O. The highest BCUT2D eigenvalue weighted by molar-refractivity contribution is 5.54. The molecular weight excluding hydrogens is 330 g/mol. The number of nitrogens with one attached hydrogen (secondary N) is 1. The minimum Gasteiger partial charge on any atom is -0.490 e. The molecular formula is C20H31N3O3. The van der Waals surface area contributed by atoms with Gasteiger partial charge in [-0.15, -0.1) is 0 Å². The van der Waals surface area contributed by atoms with E-state index >= 15 is 0 Å². The third kappa shape index (κ3) is 2.73. The third-order valence-electron chi connectivity index (χ3n) is 7.29. The van der Waals surface area contributed by atoms with E-state index in [1.54, 1.807) is 13.3 Å². The fourth-order valence-electron chi connectivity index (χ4n) is 5.41. The largest absolute Gasteiger partial charge is 0.490 e. The van der Waals surface area contributed by atoms with Crippen LogP contribution in [0.1, 0.15) is 59.1 Å². The molecule has 6 heteroatoms. The van der Waals surface area contributed by atoms with Crippen LogP contribution in [0.15, 0.2) is 11.0 Å². The number of methoxy groups -OCH3 is 1. The maximum absolute atomic E-state index is 12.9. The van der Waals surface area contributed by atoms with Gasteiger partial charge >= 0.3 is 5.56 Å². The zero-order chi connectivity index (χ0) is 18.5. The molecule has 3 unspecified atom stereocenters. The molecule has 2 bridgehead atoms. The van der Waals surface area contributed by atoms with E-state index in [2.05, 4.69) is 31.2 Å². The molecule has 4 aliphatic rings. The second-order valence-corrected chi connectivity index (χ2v) is 8.87. The average Bonchev–Trinajstić information content (AvgIpc) is 2.64. The van der Waals surface area contributed by atoms with E-state index in [4.69, 9.17) is 9.47 Å². The number of hydrogen-bond donors (Lipinski definition) is 1. The van der Waals surface area contributed by atoms with Gasteiger partial charge in [-0.1, -0.05) is 20.8 Å². The Morgan fingerprint density at radius 2 is 2.15 bits per heavy atom. The summed E-state index contributed by atoms with van der Waals surface area (Å²) in [6.07, 6.45) is 6.85. The molecule has 26 heavy (non-hydrogen) atoms. The molecule has 1 N–H and O–H groups in total. The molecule has 0 spiro atoms. The minimum atomic E-state index is -0.277. The number of hydrogen-bond acceptors (Lipinski definition) is 5. The molecule has 1 aliphatic heterocycles. The quantitative estimate of drug-likeness (QED) is 0.890. The molecule has 1 saturated heterocycles. The van der Waals surface area contributed by atoms with E-state index in [9.17, 15) is 4.79 Å². The minimum absolute atomic E-state index is 0.210. The van der Waals surface area contributed by atoms with E-state index in [0.717, 1.165) is 37.5 Å². The van der Waals surface area contributed by atoms with Gasteiger partial charge in [0.15, 0.2) is 6.23 Å². The first-order valence-electron chi connectivity index (χ1n) is 9.97. The van der Waals surface area contributed by atoms with Gasteiger partial charge in [0.05, 0.1) is 13.3 Å². The van der Waals surface area contributed by atoms with Crippen LogP contribution in [0.25, 0.3) is 0 Å².